The fourth-order valence-electron chi connectivity index (χ4n) is 4.86. The van der Waals surface area contributed by atoms with Crippen LogP contribution in [0.4, 0.5) is 0 Å². The summed E-state index contributed by atoms with van der Waals surface area (Å²) in [5, 5.41) is 4.67. The van der Waals surface area contributed by atoms with Crippen LogP contribution in [0, 0.1) is 25.7 Å². The van der Waals surface area contributed by atoms with Crippen molar-refractivity contribution in [2.24, 2.45) is 11.8 Å². The number of benzene rings is 1. The van der Waals surface area contributed by atoms with Gasteiger partial charge in [0, 0.05) is 18.8 Å². The Balaban J connectivity index is 1.53. The Hall–Kier alpha value is -2.10. The molecule has 1 aromatic heterocycles. The molecule has 0 N–H and O–H groups in total. The van der Waals surface area contributed by atoms with E-state index in [0.29, 0.717) is 12.5 Å². The van der Waals surface area contributed by atoms with E-state index in [4.69, 9.17) is 0 Å². The predicted octanol–water partition coefficient (Wildman–Crippen LogP) is 4.20. The third-order valence-corrected chi connectivity index (χ3v) is 6.35. The molecule has 4 nitrogen and oxygen atoms in total. The van der Waals surface area contributed by atoms with E-state index in [1.54, 1.807) is 0 Å². The Morgan fingerprint density at radius 3 is 2.58 bits per heavy atom. The maximum absolute atomic E-state index is 13.3. The van der Waals surface area contributed by atoms with Gasteiger partial charge in [-0.25, -0.2) is 0 Å². The summed E-state index contributed by atoms with van der Waals surface area (Å²) in [6.07, 6.45) is 6.53. The number of hydrogen-bond donors (Lipinski definition) is 0. The lowest BCUT2D eigenvalue weighted by atomic mass is 9.75. The van der Waals surface area contributed by atoms with Gasteiger partial charge in [-0.05, 0) is 44.1 Å². The number of likely N-dealkylation sites (tertiary alicyclic amines) is 1. The molecule has 1 saturated carbocycles. The molecule has 2 aromatic rings. The molecule has 2 aliphatic rings. The molecule has 2 atom stereocenters. The van der Waals surface area contributed by atoms with Crippen molar-refractivity contribution in [3.63, 3.8) is 0 Å². The summed E-state index contributed by atoms with van der Waals surface area (Å²) in [5.41, 5.74) is 3.87. The van der Waals surface area contributed by atoms with Gasteiger partial charge in [-0.2, -0.15) is 5.10 Å². The molecule has 1 amide bonds. The van der Waals surface area contributed by atoms with Gasteiger partial charge in [0.25, 0.3) is 5.91 Å². The molecule has 0 bridgehead atoms. The number of carbonyl (C=O) groups is 1. The Bertz CT molecular complexity index is 780. The maximum atomic E-state index is 13.3. The number of amides is 1. The van der Waals surface area contributed by atoms with E-state index in [1.807, 2.05) is 36.7 Å². The topological polar surface area (TPSA) is 38.1 Å². The van der Waals surface area contributed by atoms with Gasteiger partial charge in [0.1, 0.15) is 0 Å². The van der Waals surface area contributed by atoms with Crippen LogP contribution in [-0.2, 0) is 6.54 Å². The highest BCUT2D eigenvalue weighted by Crippen LogP contribution is 2.36. The largest absolute Gasteiger partial charge is 0.338 e. The molecule has 0 radical (unpaired) electrons. The van der Waals surface area contributed by atoms with Gasteiger partial charge in [0.15, 0.2) is 0 Å². The third-order valence-electron chi connectivity index (χ3n) is 6.35. The van der Waals surface area contributed by atoms with Crippen LogP contribution in [0.2, 0.25) is 0 Å². The highest BCUT2D eigenvalue weighted by molar-refractivity contribution is 5.96. The number of piperidine rings is 1. The molecular formula is C22H29N3O. The van der Waals surface area contributed by atoms with Crippen molar-refractivity contribution in [1.29, 1.82) is 0 Å². The number of hydrogen-bond acceptors (Lipinski definition) is 2. The van der Waals surface area contributed by atoms with Crippen LogP contribution >= 0.6 is 0 Å². The van der Waals surface area contributed by atoms with Crippen molar-refractivity contribution in [3.05, 3.63) is 52.8 Å². The molecule has 2 fully saturated rings. The van der Waals surface area contributed by atoms with Crippen molar-refractivity contribution in [2.45, 2.75) is 52.5 Å². The summed E-state index contributed by atoms with van der Waals surface area (Å²) in [5.74, 6) is 1.74. The van der Waals surface area contributed by atoms with Crippen LogP contribution in [0.3, 0.4) is 0 Å². The molecule has 1 aliphatic heterocycles. The molecule has 0 spiro atoms. The standard InChI is InChI=1S/C22H29N3O/c1-16-21(17(2)25(23-16)14-18-8-4-3-5-9-18)22(26)24-13-12-19-10-6-7-11-20(19)15-24/h3-5,8-9,19-20H,6-7,10-15H2,1-2H3/t19-,20-/m0/s1. The van der Waals surface area contributed by atoms with Crippen LogP contribution in [0.1, 0.15) is 59.4 Å². The number of fused-ring (bicyclic) bond motifs is 1. The van der Waals surface area contributed by atoms with Gasteiger partial charge >= 0.3 is 0 Å². The molecule has 2 heterocycles. The van der Waals surface area contributed by atoms with Gasteiger partial charge in [0.05, 0.1) is 17.8 Å². The lowest BCUT2D eigenvalue weighted by Crippen LogP contribution is -2.45. The highest BCUT2D eigenvalue weighted by Gasteiger charge is 2.34. The Morgan fingerprint density at radius 1 is 1.08 bits per heavy atom. The van der Waals surface area contributed by atoms with Crippen LogP contribution in [0.5, 0.6) is 0 Å². The number of carbonyl (C=O) groups excluding carboxylic acids is 1. The Kier molecular flexibility index (Phi) is 4.84. The fourth-order valence-corrected chi connectivity index (χ4v) is 4.86. The third kappa shape index (κ3) is 3.29. The first kappa shape index (κ1) is 17.3. The van der Waals surface area contributed by atoms with E-state index in [-0.39, 0.29) is 5.91 Å². The van der Waals surface area contributed by atoms with E-state index < -0.39 is 0 Å². The molecule has 0 unspecified atom stereocenters. The quantitative estimate of drug-likeness (QED) is 0.831. The van der Waals surface area contributed by atoms with Crippen molar-refractivity contribution in [1.82, 2.24) is 14.7 Å². The second-order valence-electron chi connectivity index (χ2n) is 8.03. The highest BCUT2D eigenvalue weighted by atomic mass is 16.2. The molecule has 1 aliphatic carbocycles. The zero-order chi connectivity index (χ0) is 18.1. The lowest BCUT2D eigenvalue weighted by Gasteiger charge is -2.41. The van der Waals surface area contributed by atoms with Gasteiger partial charge in [-0.1, -0.05) is 49.6 Å². The van der Waals surface area contributed by atoms with E-state index in [9.17, 15) is 4.79 Å². The lowest BCUT2D eigenvalue weighted by molar-refractivity contribution is 0.0519. The summed E-state index contributed by atoms with van der Waals surface area (Å²) in [7, 11) is 0. The zero-order valence-electron chi connectivity index (χ0n) is 15.9. The minimum Gasteiger partial charge on any atom is -0.338 e. The van der Waals surface area contributed by atoms with E-state index in [1.165, 1.54) is 37.7 Å². The summed E-state index contributed by atoms with van der Waals surface area (Å²) in [6.45, 7) is 6.55. The first-order valence-electron chi connectivity index (χ1n) is 10.0. The minimum atomic E-state index is 0.184. The molecule has 26 heavy (non-hydrogen) atoms. The predicted molar refractivity (Wildman–Crippen MR) is 103 cm³/mol. The monoisotopic (exact) mass is 351 g/mol. The number of aromatic nitrogens is 2. The normalized spacial score (nSPS) is 22.9. The van der Waals surface area contributed by atoms with Crippen LogP contribution in [0.15, 0.2) is 30.3 Å². The van der Waals surface area contributed by atoms with Crippen LogP contribution < -0.4 is 0 Å². The SMILES string of the molecule is Cc1nn(Cc2ccccc2)c(C)c1C(=O)N1CC[C@@H]2CCCC[C@H]2C1. The first-order valence-corrected chi connectivity index (χ1v) is 10.0. The Morgan fingerprint density at radius 2 is 1.81 bits per heavy atom. The van der Waals surface area contributed by atoms with Crippen LogP contribution in [0.25, 0.3) is 0 Å². The first-order chi connectivity index (χ1) is 12.6. The van der Waals surface area contributed by atoms with Crippen molar-refractivity contribution < 1.29 is 4.79 Å². The van der Waals surface area contributed by atoms with E-state index in [2.05, 4.69) is 22.1 Å². The molecule has 4 rings (SSSR count). The maximum Gasteiger partial charge on any atom is 0.257 e. The zero-order valence-corrected chi connectivity index (χ0v) is 15.9. The molecule has 138 valence electrons. The van der Waals surface area contributed by atoms with E-state index in [0.717, 1.165) is 36.0 Å². The van der Waals surface area contributed by atoms with Gasteiger partial charge in [-0.15, -0.1) is 0 Å². The van der Waals surface area contributed by atoms with Gasteiger partial charge < -0.3 is 4.90 Å². The summed E-state index contributed by atoms with van der Waals surface area (Å²) >= 11 is 0. The number of nitrogens with zero attached hydrogens (tertiary/aromatic N) is 3. The fraction of sp³-hybridized carbons (Fsp3) is 0.545. The summed E-state index contributed by atoms with van der Waals surface area (Å²) in [6, 6.07) is 10.3. The van der Waals surface area contributed by atoms with Gasteiger partial charge in [-0.3, -0.25) is 9.48 Å². The molecule has 4 heteroatoms. The molecule has 1 aromatic carbocycles. The van der Waals surface area contributed by atoms with Gasteiger partial charge in [0.2, 0.25) is 0 Å². The second-order valence-corrected chi connectivity index (χ2v) is 8.03. The average Bonchev–Trinajstić information content (AvgIpc) is 2.95. The van der Waals surface area contributed by atoms with Crippen LogP contribution in [-0.4, -0.2) is 33.7 Å². The second kappa shape index (κ2) is 7.26. The van der Waals surface area contributed by atoms with Crippen molar-refractivity contribution in [3.8, 4) is 0 Å². The molecular weight excluding hydrogens is 322 g/mol. The van der Waals surface area contributed by atoms with Crippen molar-refractivity contribution >= 4 is 5.91 Å². The number of rotatable bonds is 3. The Labute approximate surface area is 156 Å². The minimum absolute atomic E-state index is 0.184. The molecule has 1 saturated heterocycles. The average molecular weight is 351 g/mol. The van der Waals surface area contributed by atoms with E-state index >= 15 is 0 Å². The number of aryl methyl sites for hydroxylation is 1. The summed E-state index contributed by atoms with van der Waals surface area (Å²) in [4.78, 5) is 15.3. The van der Waals surface area contributed by atoms with Crippen molar-refractivity contribution in [2.75, 3.05) is 13.1 Å². The summed E-state index contributed by atoms with van der Waals surface area (Å²) < 4.78 is 1.98. The smallest absolute Gasteiger partial charge is 0.257 e.